The number of ketones is 1. The van der Waals surface area contributed by atoms with Crippen LogP contribution < -0.4 is 0 Å². The number of aryl methyl sites for hydroxylation is 1. The maximum atomic E-state index is 12.7. The maximum absolute atomic E-state index is 12.7. The molecule has 0 unspecified atom stereocenters. The average molecular weight is 353 g/mol. The number of piperidine rings is 1. The Bertz CT molecular complexity index is 728. The Balaban J connectivity index is 1.75. The van der Waals surface area contributed by atoms with Crippen molar-refractivity contribution in [2.24, 2.45) is 5.92 Å². The van der Waals surface area contributed by atoms with Crippen LogP contribution in [0.2, 0.25) is 0 Å². The van der Waals surface area contributed by atoms with Gasteiger partial charge in [-0.1, -0.05) is 6.92 Å². The minimum absolute atomic E-state index is 0.0209. The van der Waals surface area contributed by atoms with E-state index in [1.54, 1.807) is 0 Å². The highest BCUT2D eigenvalue weighted by molar-refractivity contribution is 7.91. The first-order chi connectivity index (χ1) is 11.3. The van der Waals surface area contributed by atoms with E-state index in [2.05, 4.69) is 16.4 Å². The van der Waals surface area contributed by atoms with Crippen LogP contribution in [-0.2, 0) is 9.84 Å². The number of sulfone groups is 1. The van der Waals surface area contributed by atoms with Gasteiger partial charge in [-0.2, -0.15) is 0 Å². The molecular weight excluding hydrogens is 324 g/mol. The van der Waals surface area contributed by atoms with Crippen LogP contribution in [0.1, 0.15) is 54.0 Å². The molecule has 5 nitrogen and oxygen atoms in total. The van der Waals surface area contributed by atoms with E-state index in [1.807, 2.05) is 19.9 Å². The molecule has 0 bridgehead atoms. The largest absolute Gasteiger partial charge is 0.344 e. The SMILES string of the molecule is Cc1cc(C(=O)CN2CCC(C)CC2)c(C)n1[C@H]1CCS(=O)(=O)C1. The van der Waals surface area contributed by atoms with Crippen LogP contribution >= 0.6 is 0 Å². The molecule has 0 aromatic carbocycles. The van der Waals surface area contributed by atoms with E-state index in [4.69, 9.17) is 0 Å². The molecule has 134 valence electrons. The predicted molar refractivity (Wildman–Crippen MR) is 95.4 cm³/mol. The van der Waals surface area contributed by atoms with Gasteiger partial charge in [0.1, 0.15) is 0 Å². The summed E-state index contributed by atoms with van der Waals surface area (Å²) in [7, 11) is -2.93. The lowest BCUT2D eigenvalue weighted by Gasteiger charge is -2.29. The molecule has 2 fully saturated rings. The molecule has 2 aliphatic heterocycles. The van der Waals surface area contributed by atoms with Gasteiger partial charge in [-0.15, -0.1) is 0 Å². The van der Waals surface area contributed by atoms with Crippen molar-refractivity contribution in [3.05, 3.63) is 23.0 Å². The molecule has 2 aliphatic rings. The third-order valence-corrected chi connectivity index (χ3v) is 7.35. The Morgan fingerprint density at radius 2 is 1.88 bits per heavy atom. The zero-order valence-corrected chi connectivity index (χ0v) is 15.7. The number of hydrogen-bond acceptors (Lipinski definition) is 4. The summed E-state index contributed by atoms with van der Waals surface area (Å²) >= 11 is 0. The molecule has 3 heterocycles. The molecule has 6 heteroatoms. The van der Waals surface area contributed by atoms with Crippen molar-refractivity contribution in [2.75, 3.05) is 31.1 Å². The monoisotopic (exact) mass is 352 g/mol. The Kier molecular flexibility index (Phi) is 4.89. The molecule has 1 aromatic rings. The van der Waals surface area contributed by atoms with Crippen LogP contribution in [0.15, 0.2) is 6.07 Å². The van der Waals surface area contributed by atoms with Gasteiger partial charge in [0.25, 0.3) is 0 Å². The van der Waals surface area contributed by atoms with Crippen LogP contribution in [0.25, 0.3) is 0 Å². The summed E-state index contributed by atoms with van der Waals surface area (Å²) in [5, 5.41) is 0. The van der Waals surface area contributed by atoms with Crippen LogP contribution in [0, 0.1) is 19.8 Å². The highest BCUT2D eigenvalue weighted by atomic mass is 32.2. The van der Waals surface area contributed by atoms with E-state index in [1.165, 1.54) is 0 Å². The third kappa shape index (κ3) is 3.59. The summed E-state index contributed by atoms with van der Waals surface area (Å²) < 4.78 is 25.6. The summed E-state index contributed by atoms with van der Waals surface area (Å²) in [4.78, 5) is 15.0. The van der Waals surface area contributed by atoms with Gasteiger partial charge in [0.2, 0.25) is 0 Å². The quantitative estimate of drug-likeness (QED) is 0.781. The predicted octanol–water partition coefficient (Wildman–Crippen LogP) is 2.38. The zero-order valence-electron chi connectivity index (χ0n) is 14.9. The van der Waals surface area contributed by atoms with E-state index in [0.717, 1.165) is 48.8 Å². The zero-order chi connectivity index (χ0) is 17.5. The lowest BCUT2D eigenvalue weighted by Crippen LogP contribution is -2.36. The topological polar surface area (TPSA) is 59.4 Å². The second-order valence-corrected chi connectivity index (χ2v) is 9.82. The molecule has 0 saturated carbocycles. The van der Waals surface area contributed by atoms with Gasteiger partial charge in [0.05, 0.1) is 18.1 Å². The van der Waals surface area contributed by atoms with Gasteiger partial charge in [-0.05, 0) is 58.2 Å². The lowest BCUT2D eigenvalue weighted by molar-refractivity contribution is 0.0899. The third-order valence-electron chi connectivity index (χ3n) is 5.60. The number of likely N-dealkylation sites (tertiary alicyclic amines) is 1. The Labute approximate surface area is 144 Å². The van der Waals surface area contributed by atoms with Crippen molar-refractivity contribution in [1.29, 1.82) is 0 Å². The molecule has 0 spiro atoms. The second-order valence-electron chi connectivity index (χ2n) is 7.59. The summed E-state index contributed by atoms with van der Waals surface area (Å²) in [6.07, 6.45) is 2.97. The number of carbonyl (C=O) groups is 1. The van der Waals surface area contributed by atoms with Gasteiger partial charge in [-0.25, -0.2) is 8.42 Å². The van der Waals surface area contributed by atoms with Gasteiger partial charge >= 0.3 is 0 Å². The molecule has 0 N–H and O–H groups in total. The fourth-order valence-electron chi connectivity index (χ4n) is 4.11. The van der Waals surface area contributed by atoms with Crippen molar-refractivity contribution >= 4 is 15.6 Å². The summed E-state index contributed by atoms with van der Waals surface area (Å²) in [5.41, 5.74) is 2.67. The van der Waals surface area contributed by atoms with Gasteiger partial charge in [-0.3, -0.25) is 9.69 Å². The maximum Gasteiger partial charge on any atom is 0.178 e. The van der Waals surface area contributed by atoms with Gasteiger partial charge in [0, 0.05) is 23.0 Å². The summed E-state index contributed by atoms with van der Waals surface area (Å²) in [5.74, 6) is 1.36. The first-order valence-corrected chi connectivity index (χ1v) is 10.7. The highest BCUT2D eigenvalue weighted by Gasteiger charge is 2.32. The average Bonchev–Trinajstić information content (AvgIpc) is 3.00. The van der Waals surface area contributed by atoms with Crippen LogP contribution in [0.4, 0.5) is 0 Å². The smallest absolute Gasteiger partial charge is 0.178 e. The minimum Gasteiger partial charge on any atom is -0.344 e. The van der Waals surface area contributed by atoms with Crippen molar-refractivity contribution < 1.29 is 13.2 Å². The van der Waals surface area contributed by atoms with E-state index in [-0.39, 0.29) is 23.3 Å². The molecular formula is C18H28N2O3S. The molecule has 1 atom stereocenters. The first kappa shape index (κ1) is 17.7. The molecule has 3 rings (SSSR count). The highest BCUT2D eigenvalue weighted by Crippen LogP contribution is 2.29. The molecule has 1 aromatic heterocycles. The number of carbonyl (C=O) groups excluding carboxylic acids is 1. The Morgan fingerprint density at radius 3 is 2.46 bits per heavy atom. The van der Waals surface area contributed by atoms with Crippen molar-refractivity contribution in [1.82, 2.24) is 9.47 Å². The van der Waals surface area contributed by atoms with Crippen LogP contribution in [-0.4, -0.2) is 54.8 Å². The molecule has 0 amide bonds. The second kappa shape index (κ2) is 6.64. The minimum atomic E-state index is -2.93. The molecule has 0 aliphatic carbocycles. The summed E-state index contributed by atoms with van der Waals surface area (Å²) in [6, 6.07) is 1.92. The molecule has 24 heavy (non-hydrogen) atoms. The van der Waals surface area contributed by atoms with E-state index >= 15 is 0 Å². The van der Waals surface area contributed by atoms with Crippen LogP contribution in [0.5, 0.6) is 0 Å². The van der Waals surface area contributed by atoms with Crippen molar-refractivity contribution in [3.63, 3.8) is 0 Å². The first-order valence-electron chi connectivity index (χ1n) is 8.91. The van der Waals surface area contributed by atoms with Gasteiger partial charge in [0.15, 0.2) is 15.6 Å². The lowest BCUT2D eigenvalue weighted by atomic mass is 9.99. The number of nitrogens with zero attached hydrogens (tertiary/aromatic N) is 2. The Morgan fingerprint density at radius 1 is 1.21 bits per heavy atom. The Hall–Kier alpha value is -1.14. The van der Waals surface area contributed by atoms with E-state index in [0.29, 0.717) is 13.0 Å². The molecule has 0 radical (unpaired) electrons. The normalized spacial score (nSPS) is 25.2. The van der Waals surface area contributed by atoms with E-state index < -0.39 is 9.84 Å². The number of hydrogen-bond donors (Lipinski definition) is 0. The van der Waals surface area contributed by atoms with Crippen molar-refractivity contribution in [3.8, 4) is 0 Å². The van der Waals surface area contributed by atoms with E-state index in [9.17, 15) is 13.2 Å². The van der Waals surface area contributed by atoms with Crippen LogP contribution in [0.3, 0.4) is 0 Å². The molecule has 2 saturated heterocycles. The fourth-order valence-corrected chi connectivity index (χ4v) is 5.81. The number of rotatable bonds is 4. The fraction of sp³-hybridized carbons (Fsp3) is 0.722. The number of Topliss-reactive ketones (excluding diaryl/α,β-unsaturated/α-hetero) is 1. The summed E-state index contributed by atoms with van der Waals surface area (Å²) in [6.45, 7) is 8.64. The van der Waals surface area contributed by atoms with Gasteiger partial charge < -0.3 is 4.57 Å². The van der Waals surface area contributed by atoms with Crippen molar-refractivity contribution in [2.45, 2.75) is 46.1 Å². The number of aromatic nitrogens is 1. The standard InChI is InChI=1S/C18H28N2O3S/c1-13-4-7-19(8-5-13)11-18(21)17-10-14(2)20(15(17)3)16-6-9-24(22,23)12-16/h10,13,16H,4-9,11-12H2,1-3H3/t16-/m0/s1.